The molecule has 0 amide bonds. The lowest BCUT2D eigenvalue weighted by Crippen LogP contribution is -2.16. The summed E-state index contributed by atoms with van der Waals surface area (Å²) in [4.78, 5) is 0. The topological polar surface area (TPSA) is 69.4 Å². The number of benzene rings is 1. The van der Waals surface area contributed by atoms with Gasteiger partial charge in [-0.2, -0.15) is 0 Å². The number of hydrogen-bond acceptors (Lipinski definition) is 4. The van der Waals surface area contributed by atoms with Crippen molar-refractivity contribution >= 4 is 21.4 Å². The maximum atomic E-state index is 11.1. The average molecular weight is 278 g/mol. The van der Waals surface area contributed by atoms with Crippen LogP contribution in [0.25, 0.3) is 0 Å². The molecule has 1 aromatic carbocycles. The van der Waals surface area contributed by atoms with Crippen LogP contribution in [0.4, 0.5) is 0 Å². The van der Waals surface area contributed by atoms with E-state index in [1.807, 2.05) is 0 Å². The van der Waals surface area contributed by atoms with Crippen LogP contribution in [0.5, 0.6) is 5.75 Å². The van der Waals surface area contributed by atoms with Crippen molar-refractivity contribution in [3.8, 4) is 5.75 Å². The summed E-state index contributed by atoms with van der Waals surface area (Å²) in [7, 11) is -1.48. The highest BCUT2D eigenvalue weighted by atomic mass is 35.5. The zero-order valence-corrected chi connectivity index (χ0v) is 11.4. The Bertz CT molecular complexity index is 487. The van der Waals surface area contributed by atoms with Crippen molar-refractivity contribution in [3.05, 3.63) is 28.8 Å². The molecule has 0 aliphatic heterocycles. The SMILES string of the molecule is COc1cc(Cl)ccc1C(N)CCS(C)(=O)=O. The van der Waals surface area contributed by atoms with Crippen molar-refractivity contribution in [2.24, 2.45) is 5.73 Å². The molecule has 0 aliphatic carbocycles. The lowest BCUT2D eigenvalue weighted by atomic mass is 10.0. The number of methoxy groups -OCH3 is 1. The molecular weight excluding hydrogens is 262 g/mol. The summed E-state index contributed by atoms with van der Waals surface area (Å²) in [6, 6.07) is 4.75. The van der Waals surface area contributed by atoms with Gasteiger partial charge in [-0.1, -0.05) is 17.7 Å². The molecule has 6 heteroatoms. The Kier molecular flexibility index (Phi) is 4.80. The minimum Gasteiger partial charge on any atom is -0.496 e. The molecule has 0 spiro atoms. The van der Waals surface area contributed by atoms with Gasteiger partial charge < -0.3 is 10.5 Å². The monoisotopic (exact) mass is 277 g/mol. The highest BCUT2D eigenvalue weighted by Crippen LogP contribution is 2.28. The first kappa shape index (κ1) is 14.3. The first-order valence-electron chi connectivity index (χ1n) is 5.10. The third-order valence-corrected chi connectivity index (χ3v) is 3.61. The van der Waals surface area contributed by atoms with Gasteiger partial charge in [0, 0.05) is 22.9 Å². The molecule has 0 saturated carbocycles. The Morgan fingerprint density at radius 2 is 2.12 bits per heavy atom. The maximum Gasteiger partial charge on any atom is 0.147 e. The number of hydrogen-bond donors (Lipinski definition) is 1. The minimum absolute atomic E-state index is 0.0555. The van der Waals surface area contributed by atoms with Crippen molar-refractivity contribution in [1.82, 2.24) is 0 Å². The summed E-state index contributed by atoms with van der Waals surface area (Å²) in [5.41, 5.74) is 6.71. The van der Waals surface area contributed by atoms with Crippen molar-refractivity contribution in [1.29, 1.82) is 0 Å². The Morgan fingerprint density at radius 3 is 2.65 bits per heavy atom. The van der Waals surface area contributed by atoms with Gasteiger partial charge in [0.15, 0.2) is 0 Å². The largest absolute Gasteiger partial charge is 0.496 e. The van der Waals surface area contributed by atoms with E-state index < -0.39 is 9.84 Å². The predicted molar refractivity (Wildman–Crippen MR) is 69.3 cm³/mol. The number of nitrogens with two attached hydrogens (primary N) is 1. The van der Waals surface area contributed by atoms with E-state index in [9.17, 15) is 8.42 Å². The Labute approximate surface area is 107 Å². The molecule has 0 aliphatic rings. The Balaban J connectivity index is 2.85. The first-order chi connectivity index (χ1) is 7.83. The van der Waals surface area contributed by atoms with Crippen LogP contribution in [0.15, 0.2) is 18.2 Å². The van der Waals surface area contributed by atoms with Gasteiger partial charge in [0.05, 0.1) is 12.9 Å². The maximum absolute atomic E-state index is 11.1. The normalized spacial score (nSPS) is 13.4. The van der Waals surface area contributed by atoms with Crippen LogP contribution >= 0.6 is 11.6 Å². The third-order valence-electron chi connectivity index (χ3n) is 2.39. The fraction of sp³-hybridized carbons (Fsp3) is 0.455. The van der Waals surface area contributed by atoms with Crippen LogP contribution in [-0.2, 0) is 9.84 Å². The summed E-state index contributed by atoms with van der Waals surface area (Å²) in [5.74, 6) is 0.637. The molecule has 4 nitrogen and oxygen atoms in total. The van der Waals surface area contributed by atoms with E-state index in [0.717, 1.165) is 5.56 Å². The third kappa shape index (κ3) is 4.53. The number of sulfone groups is 1. The van der Waals surface area contributed by atoms with Crippen LogP contribution in [0.1, 0.15) is 18.0 Å². The van der Waals surface area contributed by atoms with Gasteiger partial charge in [0.2, 0.25) is 0 Å². The molecule has 0 radical (unpaired) electrons. The van der Waals surface area contributed by atoms with Gasteiger partial charge in [-0.25, -0.2) is 8.42 Å². The molecule has 0 bridgehead atoms. The van der Waals surface area contributed by atoms with Crippen LogP contribution in [0.3, 0.4) is 0 Å². The predicted octanol–water partition coefficient (Wildman–Crippen LogP) is 1.78. The standard InChI is InChI=1S/C11H16ClNO3S/c1-16-11-7-8(12)3-4-9(11)10(13)5-6-17(2,14)15/h3-4,7,10H,5-6,13H2,1-2H3. The van der Waals surface area contributed by atoms with Gasteiger partial charge in [-0.15, -0.1) is 0 Å². The fourth-order valence-corrected chi connectivity index (χ4v) is 2.33. The van der Waals surface area contributed by atoms with Gasteiger partial charge in [0.25, 0.3) is 0 Å². The zero-order chi connectivity index (χ0) is 13.1. The molecule has 0 aromatic heterocycles. The summed E-state index contributed by atoms with van der Waals surface area (Å²) >= 11 is 5.83. The summed E-state index contributed by atoms with van der Waals surface area (Å²) in [6.45, 7) is 0. The molecule has 0 fully saturated rings. The molecule has 0 heterocycles. The van der Waals surface area contributed by atoms with E-state index in [1.165, 1.54) is 13.4 Å². The van der Waals surface area contributed by atoms with Crippen molar-refractivity contribution < 1.29 is 13.2 Å². The van der Waals surface area contributed by atoms with Gasteiger partial charge >= 0.3 is 0 Å². The first-order valence-corrected chi connectivity index (χ1v) is 7.54. The number of ether oxygens (including phenoxy) is 1. The molecule has 17 heavy (non-hydrogen) atoms. The molecule has 1 unspecified atom stereocenters. The fourth-order valence-electron chi connectivity index (χ4n) is 1.49. The van der Waals surface area contributed by atoms with E-state index >= 15 is 0 Å². The quantitative estimate of drug-likeness (QED) is 0.891. The smallest absolute Gasteiger partial charge is 0.147 e. The van der Waals surface area contributed by atoms with Crippen LogP contribution in [0.2, 0.25) is 5.02 Å². The van der Waals surface area contributed by atoms with Crippen LogP contribution in [-0.4, -0.2) is 27.5 Å². The molecular formula is C11H16ClNO3S. The molecule has 2 N–H and O–H groups in total. The van der Waals surface area contributed by atoms with Crippen molar-refractivity contribution in [3.63, 3.8) is 0 Å². The van der Waals surface area contributed by atoms with E-state index in [-0.39, 0.29) is 11.8 Å². The number of halogens is 1. The van der Waals surface area contributed by atoms with Gasteiger partial charge in [-0.05, 0) is 18.6 Å². The molecule has 1 atom stereocenters. The highest BCUT2D eigenvalue weighted by Gasteiger charge is 2.14. The second-order valence-corrected chi connectivity index (χ2v) is 6.61. The Morgan fingerprint density at radius 1 is 1.47 bits per heavy atom. The van der Waals surface area contributed by atoms with Crippen LogP contribution in [0, 0.1) is 0 Å². The van der Waals surface area contributed by atoms with E-state index in [1.54, 1.807) is 18.2 Å². The zero-order valence-electron chi connectivity index (χ0n) is 9.81. The summed E-state index contributed by atoms with van der Waals surface area (Å²) in [5, 5.41) is 0.556. The Hall–Kier alpha value is -0.780. The molecule has 96 valence electrons. The van der Waals surface area contributed by atoms with Gasteiger partial charge in [0.1, 0.15) is 15.6 Å². The van der Waals surface area contributed by atoms with Crippen molar-refractivity contribution in [2.45, 2.75) is 12.5 Å². The summed E-state index contributed by atoms with van der Waals surface area (Å²) in [6.07, 6.45) is 1.55. The van der Waals surface area contributed by atoms with Crippen molar-refractivity contribution in [2.75, 3.05) is 19.1 Å². The van der Waals surface area contributed by atoms with E-state index in [0.29, 0.717) is 17.2 Å². The highest BCUT2D eigenvalue weighted by molar-refractivity contribution is 7.90. The molecule has 1 rings (SSSR count). The minimum atomic E-state index is -3.00. The molecule has 1 aromatic rings. The lowest BCUT2D eigenvalue weighted by molar-refractivity contribution is 0.405. The summed E-state index contributed by atoms with van der Waals surface area (Å²) < 4.78 is 27.3. The molecule has 0 saturated heterocycles. The second-order valence-electron chi connectivity index (χ2n) is 3.91. The second kappa shape index (κ2) is 5.71. The van der Waals surface area contributed by atoms with E-state index in [4.69, 9.17) is 22.1 Å². The number of rotatable bonds is 5. The van der Waals surface area contributed by atoms with Gasteiger partial charge in [-0.3, -0.25) is 0 Å². The average Bonchev–Trinajstić information content (AvgIpc) is 2.24. The lowest BCUT2D eigenvalue weighted by Gasteiger charge is -2.15. The van der Waals surface area contributed by atoms with Crippen LogP contribution < -0.4 is 10.5 Å². The van der Waals surface area contributed by atoms with E-state index in [2.05, 4.69) is 0 Å².